The molecule has 1 aliphatic rings. The quantitative estimate of drug-likeness (QED) is 0.550. The van der Waals surface area contributed by atoms with E-state index in [2.05, 4.69) is 44.8 Å². The Morgan fingerprint density at radius 1 is 1.26 bits per heavy atom. The van der Waals surface area contributed by atoms with Crippen LogP contribution in [-0.2, 0) is 13.0 Å². The molecule has 2 aromatic heterocycles. The summed E-state index contributed by atoms with van der Waals surface area (Å²) in [6, 6.07) is 6.21. The standard InChI is InChI=1S/C20H29N5OS/c1-3-27-20-22-12-16(13-23-20)14-25-11-8-18(19(26)15-25)24(2)10-7-17-6-4-5-9-21-17/h4-6,9,12-13,18-19,26H,3,7-8,10-11,14-15H2,1-2H3/t18-,19-/m1/s1. The van der Waals surface area contributed by atoms with Gasteiger partial charge in [0.2, 0.25) is 0 Å². The second kappa shape index (κ2) is 10.1. The first-order chi connectivity index (χ1) is 13.2. The monoisotopic (exact) mass is 387 g/mol. The topological polar surface area (TPSA) is 65.4 Å². The molecule has 7 heteroatoms. The zero-order valence-corrected chi connectivity index (χ0v) is 17.0. The highest BCUT2D eigenvalue weighted by atomic mass is 32.2. The SMILES string of the molecule is CCSc1ncc(CN2CC[C@@H](N(C)CCc3ccccn3)[C@H](O)C2)cn1. The van der Waals surface area contributed by atoms with Crippen LogP contribution in [0.4, 0.5) is 0 Å². The number of aromatic nitrogens is 3. The Morgan fingerprint density at radius 3 is 2.74 bits per heavy atom. The van der Waals surface area contributed by atoms with Crippen molar-refractivity contribution in [1.82, 2.24) is 24.8 Å². The Morgan fingerprint density at radius 2 is 2.07 bits per heavy atom. The van der Waals surface area contributed by atoms with Crippen molar-refractivity contribution in [3.63, 3.8) is 0 Å². The molecule has 0 aliphatic carbocycles. The minimum atomic E-state index is -0.344. The molecule has 3 rings (SSSR count). The first-order valence-electron chi connectivity index (χ1n) is 9.60. The van der Waals surface area contributed by atoms with Gasteiger partial charge in [0.25, 0.3) is 0 Å². The van der Waals surface area contributed by atoms with Crippen molar-refractivity contribution in [2.24, 2.45) is 0 Å². The fraction of sp³-hybridized carbons (Fsp3) is 0.550. The Bertz CT molecular complexity index is 685. The number of pyridine rings is 1. The highest BCUT2D eigenvalue weighted by molar-refractivity contribution is 7.99. The number of hydrogen-bond donors (Lipinski definition) is 1. The highest BCUT2D eigenvalue weighted by Crippen LogP contribution is 2.19. The normalized spacial score (nSPS) is 20.9. The van der Waals surface area contributed by atoms with E-state index < -0.39 is 0 Å². The number of thioether (sulfide) groups is 1. The number of likely N-dealkylation sites (N-methyl/N-ethyl adjacent to an activating group) is 1. The van der Waals surface area contributed by atoms with Gasteiger partial charge in [0, 0.05) is 68.5 Å². The molecule has 2 aromatic rings. The molecule has 0 spiro atoms. The largest absolute Gasteiger partial charge is 0.390 e. The van der Waals surface area contributed by atoms with Crippen molar-refractivity contribution in [2.75, 3.05) is 32.4 Å². The van der Waals surface area contributed by atoms with Crippen LogP contribution in [0.3, 0.4) is 0 Å². The van der Waals surface area contributed by atoms with Gasteiger partial charge < -0.3 is 10.0 Å². The third kappa shape index (κ3) is 5.97. The van der Waals surface area contributed by atoms with Crippen LogP contribution in [0.2, 0.25) is 0 Å². The Labute approximate surface area is 166 Å². The molecule has 1 saturated heterocycles. The van der Waals surface area contributed by atoms with Crippen molar-refractivity contribution in [1.29, 1.82) is 0 Å². The van der Waals surface area contributed by atoms with Gasteiger partial charge in [-0.2, -0.15) is 0 Å². The summed E-state index contributed by atoms with van der Waals surface area (Å²) in [4.78, 5) is 17.7. The number of hydrogen-bond acceptors (Lipinski definition) is 7. The van der Waals surface area contributed by atoms with Crippen LogP contribution >= 0.6 is 11.8 Å². The number of piperidine rings is 1. The lowest BCUT2D eigenvalue weighted by molar-refractivity contribution is -0.00626. The van der Waals surface area contributed by atoms with Gasteiger partial charge in [-0.3, -0.25) is 9.88 Å². The number of aliphatic hydroxyl groups excluding tert-OH is 1. The molecule has 1 N–H and O–H groups in total. The summed E-state index contributed by atoms with van der Waals surface area (Å²) < 4.78 is 0. The Balaban J connectivity index is 1.46. The van der Waals surface area contributed by atoms with E-state index in [1.165, 1.54) is 0 Å². The summed E-state index contributed by atoms with van der Waals surface area (Å²) in [6.07, 6.45) is 7.17. The van der Waals surface area contributed by atoms with Gasteiger partial charge in [-0.25, -0.2) is 9.97 Å². The number of β-amino-alcohol motifs (C(OH)–C–C–N with tert-alkyl or cyclic N) is 1. The lowest BCUT2D eigenvalue weighted by atomic mass is 9.99. The summed E-state index contributed by atoms with van der Waals surface area (Å²) in [5.41, 5.74) is 2.20. The minimum Gasteiger partial charge on any atom is -0.390 e. The van der Waals surface area contributed by atoms with Crippen LogP contribution in [0.5, 0.6) is 0 Å². The predicted octanol–water partition coefficient (Wildman–Crippen LogP) is 2.09. The smallest absolute Gasteiger partial charge is 0.187 e. The molecule has 0 aromatic carbocycles. The second-order valence-corrected chi connectivity index (χ2v) is 8.25. The molecule has 2 atom stereocenters. The van der Waals surface area contributed by atoms with E-state index in [0.717, 1.165) is 54.6 Å². The maximum Gasteiger partial charge on any atom is 0.187 e. The van der Waals surface area contributed by atoms with E-state index >= 15 is 0 Å². The van der Waals surface area contributed by atoms with Crippen molar-refractivity contribution < 1.29 is 5.11 Å². The lowest BCUT2D eigenvalue weighted by Crippen LogP contribution is -2.53. The Hall–Kier alpha value is -1.54. The number of likely N-dealkylation sites (tertiary alicyclic amines) is 1. The molecule has 27 heavy (non-hydrogen) atoms. The van der Waals surface area contributed by atoms with Crippen LogP contribution in [0.1, 0.15) is 24.6 Å². The van der Waals surface area contributed by atoms with Crippen LogP contribution < -0.4 is 0 Å². The molecular weight excluding hydrogens is 358 g/mol. The molecule has 0 amide bonds. The number of aliphatic hydroxyl groups is 1. The first kappa shape index (κ1) is 20.2. The predicted molar refractivity (Wildman–Crippen MR) is 109 cm³/mol. The molecule has 1 fully saturated rings. The van der Waals surface area contributed by atoms with Crippen LogP contribution in [0.15, 0.2) is 41.9 Å². The molecule has 0 radical (unpaired) electrons. The van der Waals surface area contributed by atoms with Crippen LogP contribution in [-0.4, -0.2) is 74.4 Å². The average molecular weight is 388 g/mol. The maximum absolute atomic E-state index is 10.7. The molecular formula is C20H29N5OS. The fourth-order valence-electron chi connectivity index (χ4n) is 3.53. The van der Waals surface area contributed by atoms with Gasteiger partial charge in [-0.15, -0.1) is 0 Å². The summed E-state index contributed by atoms with van der Waals surface area (Å²) >= 11 is 1.65. The molecule has 0 bridgehead atoms. The van der Waals surface area contributed by atoms with Crippen LogP contribution in [0.25, 0.3) is 0 Å². The van der Waals surface area contributed by atoms with Gasteiger partial charge in [-0.05, 0) is 31.4 Å². The van der Waals surface area contributed by atoms with Crippen molar-refractivity contribution in [3.8, 4) is 0 Å². The lowest BCUT2D eigenvalue weighted by Gasteiger charge is -2.40. The third-order valence-corrected chi connectivity index (χ3v) is 5.76. The van der Waals surface area contributed by atoms with E-state index in [1.807, 2.05) is 30.7 Å². The van der Waals surface area contributed by atoms with Gasteiger partial charge in [0.1, 0.15) is 0 Å². The van der Waals surface area contributed by atoms with E-state index in [1.54, 1.807) is 11.8 Å². The zero-order chi connectivity index (χ0) is 19.1. The fourth-order valence-corrected chi connectivity index (χ4v) is 4.04. The summed E-state index contributed by atoms with van der Waals surface area (Å²) in [5, 5.41) is 11.5. The third-order valence-electron chi connectivity index (χ3n) is 5.00. The van der Waals surface area contributed by atoms with Gasteiger partial charge in [-0.1, -0.05) is 24.8 Å². The molecule has 3 heterocycles. The van der Waals surface area contributed by atoms with E-state index in [9.17, 15) is 5.11 Å². The minimum absolute atomic E-state index is 0.199. The maximum atomic E-state index is 10.7. The molecule has 6 nitrogen and oxygen atoms in total. The van der Waals surface area contributed by atoms with Gasteiger partial charge in [0.15, 0.2) is 5.16 Å². The summed E-state index contributed by atoms with van der Waals surface area (Å²) in [7, 11) is 2.10. The summed E-state index contributed by atoms with van der Waals surface area (Å²) in [5.74, 6) is 0.979. The van der Waals surface area contributed by atoms with Crippen molar-refractivity contribution >= 4 is 11.8 Å². The van der Waals surface area contributed by atoms with Crippen molar-refractivity contribution in [3.05, 3.63) is 48.0 Å². The second-order valence-electron chi connectivity index (χ2n) is 7.02. The Kier molecular flexibility index (Phi) is 7.58. The van der Waals surface area contributed by atoms with E-state index in [-0.39, 0.29) is 12.1 Å². The number of nitrogens with zero attached hydrogens (tertiary/aromatic N) is 5. The molecule has 0 saturated carbocycles. The molecule has 146 valence electrons. The number of rotatable bonds is 8. The van der Waals surface area contributed by atoms with E-state index in [4.69, 9.17) is 0 Å². The average Bonchev–Trinajstić information content (AvgIpc) is 2.69. The van der Waals surface area contributed by atoms with Crippen molar-refractivity contribution in [2.45, 2.75) is 43.6 Å². The first-order valence-corrected chi connectivity index (χ1v) is 10.6. The van der Waals surface area contributed by atoms with Crippen LogP contribution in [0, 0.1) is 0 Å². The summed E-state index contributed by atoms with van der Waals surface area (Å²) in [6.45, 7) is 5.45. The highest BCUT2D eigenvalue weighted by Gasteiger charge is 2.30. The zero-order valence-electron chi connectivity index (χ0n) is 16.2. The van der Waals surface area contributed by atoms with E-state index in [0.29, 0.717) is 6.54 Å². The molecule has 1 aliphatic heterocycles. The van der Waals surface area contributed by atoms with Gasteiger partial charge >= 0.3 is 0 Å². The van der Waals surface area contributed by atoms with Gasteiger partial charge in [0.05, 0.1) is 6.10 Å². The molecule has 0 unspecified atom stereocenters.